The lowest BCUT2D eigenvalue weighted by atomic mass is 9.98. The topological polar surface area (TPSA) is 38.5 Å². The SMILES string of the molecule is COC1CCN(Cc2ccc(C)cc2Cl)C(CN)C1. The first kappa shape index (κ1) is 14.8. The fourth-order valence-electron chi connectivity index (χ4n) is 2.73. The molecule has 0 saturated carbocycles. The number of nitrogens with two attached hydrogens (primary N) is 1. The maximum atomic E-state index is 6.31. The van der Waals surface area contributed by atoms with Crippen LogP contribution in [0.5, 0.6) is 0 Å². The number of aryl methyl sites for hydroxylation is 1. The van der Waals surface area contributed by atoms with E-state index in [1.807, 2.05) is 6.07 Å². The highest BCUT2D eigenvalue weighted by atomic mass is 35.5. The van der Waals surface area contributed by atoms with Gasteiger partial charge in [0, 0.05) is 37.8 Å². The highest BCUT2D eigenvalue weighted by Gasteiger charge is 2.27. The predicted molar refractivity (Wildman–Crippen MR) is 79.5 cm³/mol. The van der Waals surface area contributed by atoms with Crippen molar-refractivity contribution in [3.8, 4) is 0 Å². The summed E-state index contributed by atoms with van der Waals surface area (Å²) in [6.45, 7) is 4.62. The summed E-state index contributed by atoms with van der Waals surface area (Å²) in [7, 11) is 1.78. The minimum atomic E-state index is 0.346. The number of hydrogen-bond acceptors (Lipinski definition) is 3. The minimum Gasteiger partial charge on any atom is -0.381 e. The van der Waals surface area contributed by atoms with Gasteiger partial charge < -0.3 is 10.5 Å². The van der Waals surface area contributed by atoms with E-state index in [0.29, 0.717) is 18.7 Å². The van der Waals surface area contributed by atoms with Crippen molar-refractivity contribution in [2.45, 2.75) is 38.5 Å². The molecule has 2 rings (SSSR count). The van der Waals surface area contributed by atoms with E-state index >= 15 is 0 Å². The molecule has 1 aromatic rings. The van der Waals surface area contributed by atoms with Gasteiger partial charge in [-0.1, -0.05) is 23.7 Å². The number of likely N-dealkylation sites (tertiary alicyclic amines) is 1. The Morgan fingerprint density at radius 1 is 1.47 bits per heavy atom. The Hall–Kier alpha value is -0.610. The molecule has 0 radical (unpaired) electrons. The molecule has 0 amide bonds. The van der Waals surface area contributed by atoms with Gasteiger partial charge in [-0.25, -0.2) is 0 Å². The Morgan fingerprint density at radius 3 is 2.89 bits per heavy atom. The second-order valence-corrected chi connectivity index (χ2v) is 5.74. The van der Waals surface area contributed by atoms with E-state index in [0.717, 1.165) is 31.0 Å². The van der Waals surface area contributed by atoms with Crippen molar-refractivity contribution in [2.24, 2.45) is 5.73 Å². The smallest absolute Gasteiger partial charge is 0.0599 e. The van der Waals surface area contributed by atoms with E-state index in [1.54, 1.807) is 7.11 Å². The van der Waals surface area contributed by atoms with Crippen LogP contribution in [0, 0.1) is 6.92 Å². The molecular formula is C15H23ClN2O. The minimum absolute atomic E-state index is 0.346. The summed E-state index contributed by atoms with van der Waals surface area (Å²) in [5.74, 6) is 0. The van der Waals surface area contributed by atoms with E-state index in [9.17, 15) is 0 Å². The van der Waals surface area contributed by atoms with E-state index in [1.165, 1.54) is 11.1 Å². The van der Waals surface area contributed by atoms with Crippen LogP contribution in [-0.2, 0) is 11.3 Å². The lowest BCUT2D eigenvalue weighted by Gasteiger charge is -2.38. The third-order valence-corrected chi connectivity index (χ3v) is 4.33. The number of benzene rings is 1. The van der Waals surface area contributed by atoms with Crippen molar-refractivity contribution in [2.75, 3.05) is 20.2 Å². The van der Waals surface area contributed by atoms with Gasteiger partial charge in [0.2, 0.25) is 0 Å². The number of piperidine rings is 1. The van der Waals surface area contributed by atoms with Gasteiger partial charge in [-0.15, -0.1) is 0 Å². The molecule has 1 heterocycles. The fourth-order valence-corrected chi connectivity index (χ4v) is 3.02. The molecule has 2 atom stereocenters. The van der Waals surface area contributed by atoms with Crippen molar-refractivity contribution in [1.82, 2.24) is 4.90 Å². The zero-order valence-electron chi connectivity index (χ0n) is 11.7. The number of ether oxygens (including phenoxy) is 1. The normalized spacial score (nSPS) is 24.6. The van der Waals surface area contributed by atoms with Crippen LogP contribution in [0.4, 0.5) is 0 Å². The summed E-state index contributed by atoms with van der Waals surface area (Å²) < 4.78 is 5.45. The average molecular weight is 283 g/mol. The molecular weight excluding hydrogens is 260 g/mol. The molecule has 2 N–H and O–H groups in total. The van der Waals surface area contributed by atoms with Crippen LogP contribution < -0.4 is 5.73 Å². The Morgan fingerprint density at radius 2 is 2.26 bits per heavy atom. The van der Waals surface area contributed by atoms with Crippen molar-refractivity contribution >= 4 is 11.6 Å². The van der Waals surface area contributed by atoms with Crippen LogP contribution in [0.2, 0.25) is 5.02 Å². The van der Waals surface area contributed by atoms with Gasteiger partial charge in [0.1, 0.15) is 0 Å². The van der Waals surface area contributed by atoms with Crippen molar-refractivity contribution in [3.05, 3.63) is 34.3 Å². The lowest BCUT2D eigenvalue weighted by Crippen LogP contribution is -2.48. The van der Waals surface area contributed by atoms with Gasteiger partial charge in [0.05, 0.1) is 6.10 Å². The average Bonchev–Trinajstić information content (AvgIpc) is 2.42. The van der Waals surface area contributed by atoms with Crippen LogP contribution in [0.15, 0.2) is 18.2 Å². The molecule has 106 valence electrons. The zero-order valence-corrected chi connectivity index (χ0v) is 12.5. The summed E-state index contributed by atoms with van der Waals surface area (Å²) in [4.78, 5) is 2.42. The van der Waals surface area contributed by atoms with E-state index in [-0.39, 0.29) is 0 Å². The van der Waals surface area contributed by atoms with Crippen LogP contribution in [0.1, 0.15) is 24.0 Å². The monoisotopic (exact) mass is 282 g/mol. The molecule has 1 aromatic carbocycles. The van der Waals surface area contributed by atoms with Gasteiger partial charge >= 0.3 is 0 Å². The van der Waals surface area contributed by atoms with Crippen molar-refractivity contribution in [1.29, 1.82) is 0 Å². The largest absolute Gasteiger partial charge is 0.381 e. The molecule has 3 nitrogen and oxygen atoms in total. The molecule has 1 aliphatic rings. The summed E-state index contributed by atoms with van der Waals surface area (Å²) in [5, 5.41) is 0.852. The molecule has 4 heteroatoms. The van der Waals surface area contributed by atoms with E-state index < -0.39 is 0 Å². The first-order valence-electron chi connectivity index (χ1n) is 6.86. The standard InChI is InChI=1S/C15H23ClN2O/c1-11-3-4-12(15(16)7-11)10-18-6-5-14(19-2)8-13(18)9-17/h3-4,7,13-14H,5-6,8-10,17H2,1-2H3. The number of hydrogen-bond donors (Lipinski definition) is 1. The summed E-state index contributed by atoms with van der Waals surface area (Å²) >= 11 is 6.31. The number of rotatable bonds is 4. The van der Waals surface area contributed by atoms with Crippen LogP contribution in [0.25, 0.3) is 0 Å². The van der Waals surface area contributed by atoms with Gasteiger partial charge in [-0.2, -0.15) is 0 Å². The van der Waals surface area contributed by atoms with Crippen LogP contribution in [-0.4, -0.2) is 37.2 Å². The number of halogens is 1. The predicted octanol–water partition coefficient (Wildman–Crippen LogP) is 2.59. The Labute approximate surface area is 120 Å². The zero-order chi connectivity index (χ0) is 13.8. The second-order valence-electron chi connectivity index (χ2n) is 5.34. The molecule has 19 heavy (non-hydrogen) atoms. The Kier molecular flexibility index (Phi) is 5.22. The molecule has 1 fully saturated rings. The Balaban J connectivity index is 2.05. The van der Waals surface area contributed by atoms with Crippen LogP contribution >= 0.6 is 11.6 Å². The van der Waals surface area contributed by atoms with Gasteiger partial charge in [0.15, 0.2) is 0 Å². The number of nitrogens with zero attached hydrogens (tertiary/aromatic N) is 1. The molecule has 0 spiro atoms. The molecule has 0 bridgehead atoms. The highest BCUT2D eigenvalue weighted by Crippen LogP contribution is 2.24. The molecule has 0 aromatic heterocycles. The molecule has 2 unspecified atom stereocenters. The number of methoxy groups -OCH3 is 1. The molecule has 1 aliphatic heterocycles. The van der Waals surface area contributed by atoms with Gasteiger partial charge in [-0.05, 0) is 37.0 Å². The highest BCUT2D eigenvalue weighted by molar-refractivity contribution is 6.31. The lowest BCUT2D eigenvalue weighted by molar-refractivity contribution is 0.0102. The van der Waals surface area contributed by atoms with Gasteiger partial charge in [0.25, 0.3) is 0 Å². The third-order valence-electron chi connectivity index (χ3n) is 3.98. The quantitative estimate of drug-likeness (QED) is 0.922. The summed E-state index contributed by atoms with van der Waals surface area (Å²) in [5.41, 5.74) is 8.27. The summed E-state index contributed by atoms with van der Waals surface area (Å²) in [6, 6.07) is 6.64. The second kappa shape index (κ2) is 6.71. The molecule has 1 saturated heterocycles. The van der Waals surface area contributed by atoms with Crippen molar-refractivity contribution < 1.29 is 4.74 Å². The van der Waals surface area contributed by atoms with Crippen LogP contribution in [0.3, 0.4) is 0 Å². The van der Waals surface area contributed by atoms with Crippen molar-refractivity contribution in [3.63, 3.8) is 0 Å². The third kappa shape index (κ3) is 3.69. The maximum Gasteiger partial charge on any atom is 0.0599 e. The first-order chi connectivity index (χ1) is 9.13. The fraction of sp³-hybridized carbons (Fsp3) is 0.600. The first-order valence-corrected chi connectivity index (χ1v) is 7.23. The van der Waals surface area contributed by atoms with Gasteiger partial charge in [-0.3, -0.25) is 4.90 Å². The summed E-state index contributed by atoms with van der Waals surface area (Å²) in [6.07, 6.45) is 2.42. The Bertz CT molecular complexity index is 425. The van der Waals surface area contributed by atoms with E-state index in [4.69, 9.17) is 22.1 Å². The molecule has 0 aliphatic carbocycles. The maximum absolute atomic E-state index is 6.31. The van der Waals surface area contributed by atoms with E-state index in [2.05, 4.69) is 24.0 Å².